The Kier molecular flexibility index (Phi) is 8.08. The zero-order chi connectivity index (χ0) is 24.3. The lowest BCUT2D eigenvalue weighted by Gasteiger charge is -2.35. The standard InChI is InChI=1S/C26H34FNO5/c1-4-10-28-25(32)18-11-15(3)23(19(14-29)24(18)26(28)33)22(31)9-6-16(5-2)12-17-7-8-21(30)20(27)13-17/h7-8,12-13,18-19,22,24,29-31H,4-6,9-11,14H2,1-3H3/b16-12+/t18-,19+,22-,24-/m1/s1. The highest BCUT2D eigenvalue weighted by Gasteiger charge is 2.54. The number of carbonyl (C=O) groups excluding carboxylic acids is 2. The molecular weight excluding hydrogens is 425 g/mol. The molecule has 2 amide bonds. The number of hydrogen-bond donors (Lipinski definition) is 3. The molecule has 4 atom stereocenters. The number of hydrogen-bond acceptors (Lipinski definition) is 5. The van der Waals surface area contributed by atoms with Gasteiger partial charge in [-0.1, -0.05) is 37.1 Å². The van der Waals surface area contributed by atoms with E-state index in [9.17, 15) is 29.3 Å². The van der Waals surface area contributed by atoms with E-state index >= 15 is 0 Å². The predicted molar refractivity (Wildman–Crippen MR) is 123 cm³/mol. The van der Waals surface area contributed by atoms with Crippen molar-refractivity contribution in [2.24, 2.45) is 17.8 Å². The fraction of sp³-hybridized carbons (Fsp3) is 0.538. The molecular formula is C26H34FNO5. The maximum atomic E-state index is 13.7. The van der Waals surface area contributed by atoms with Crippen molar-refractivity contribution in [1.82, 2.24) is 4.90 Å². The number of rotatable bonds is 9. The van der Waals surface area contributed by atoms with E-state index in [0.717, 1.165) is 11.1 Å². The number of amides is 2. The second-order valence-electron chi connectivity index (χ2n) is 9.11. The summed E-state index contributed by atoms with van der Waals surface area (Å²) in [5.41, 5.74) is 3.18. The minimum absolute atomic E-state index is 0.171. The number of aliphatic hydroxyl groups excluding tert-OH is 2. The molecule has 1 aliphatic carbocycles. The third kappa shape index (κ3) is 5.04. The van der Waals surface area contributed by atoms with Crippen LogP contribution in [0.3, 0.4) is 0 Å². The van der Waals surface area contributed by atoms with Crippen molar-refractivity contribution in [2.75, 3.05) is 13.2 Å². The van der Waals surface area contributed by atoms with E-state index in [1.807, 2.05) is 26.8 Å². The molecule has 180 valence electrons. The zero-order valence-corrected chi connectivity index (χ0v) is 19.6. The van der Waals surface area contributed by atoms with Crippen LogP contribution in [0.4, 0.5) is 4.39 Å². The first-order valence-corrected chi connectivity index (χ1v) is 11.7. The van der Waals surface area contributed by atoms with Gasteiger partial charge in [0.2, 0.25) is 11.8 Å². The van der Waals surface area contributed by atoms with Crippen LogP contribution in [0.1, 0.15) is 58.4 Å². The quantitative estimate of drug-likeness (QED) is 0.385. The molecule has 0 unspecified atom stereocenters. The average molecular weight is 460 g/mol. The Bertz CT molecular complexity index is 969. The Morgan fingerprint density at radius 2 is 2.00 bits per heavy atom. The summed E-state index contributed by atoms with van der Waals surface area (Å²) in [6, 6.07) is 4.20. The highest BCUT2D eigenvalue weighted by Crippen LogP contribution is 2.46. The van der Waals surface area contributed by atoms with Gasteiger partial charge in [-0.2, -0.15) is 0 Å². The molecule has 0 saturated carbocycles. The summed E-state index contributed by atoms with van der Waals surface area (Å²) in [7, 11) is 0. The summed E-state index contributed by atoms with van der Waals surface area (Å²) < 4.78 is 13.7. The molecule has 2 aliphatic rings. The third-order valence-corrected chi connectivity index (χ3v) is 6.96. The van der Waals surface area contributed by atoms with Crippen LogP contribution in [0.25, 0.3) is 6.08 Å². The third-order valence-electron chi connectivity index (χ3n) is 6.96. The van der Waals surface area contributed by atoms with Crippen molar-refractivity contribution in [3.63, 3.8) is 0 Å². The van der Waals surface area contributed by atoms with Gasteiger partial charge < -0.3 is 15.3 Å². The Morgan fingerprint density at radius 3 is 2.61 bits per heavy atom. The number of phenolic OH excluding ortho intramolecular Hbond substituents is 1. The van der Waals surface area contributed by atoms with Crippen LogP contribution in [0.15, 0.2) is 34.9 Å². The monoisotopic (exact) mass is 459 g/mol. The smallest absolute Gasteiger partial charge is 0.233 e. The van der Waals surface area contributed by atoms with Crippen molar-refractivity contribution < 1.29 is 29.3 Å². The van der Waals surface area contributed by atoms with Crippen molar-refractivity contribution in [3.05, 3.63) is 46.3 Å². The van der Waals surface area contributed by atoms with Crippen LogP contribution in [0.2, 0.25) is 0 Å². The van der Waals surface area contributed by atoms with E-state index < -0.39 is 35.4 Å². The molecule has 1 heterocycles. The molecule has 6 nitrogen and oxygen atoms in total. The van der Waals surface area contributed by atoms with E-state index in [4.69, 9.17) is 0 Å². The fourth-order valence-electron chi connectivity index (χ4n) is 5.30. The lowest BCUT2D eigenvalue weighted by atomic mass is 9.68. The molecule has 1 aromatic rings. The van der Waals surface area contributed by atoms with Crippen LogP contribution in [-0.4, -0.2) is 51.3 Å². The first-order chi connectivity index (χ1) is 15.7. The second-order valence-corrected chi connectivity index (χ2v) is 9.11. The van der Waals surface area contributed by atoms with Crippen LogP contribution in [-0.2, 0) is 9.59 Å². The summed E-state index contributed by atoms with van der Waals surface area (Å²) in [5.74, 6) is -3.16. The van der Waals surface area contributed by atoms with Crippen LogP contribution < -0.4 is 0 Å². The van der Waals surface area contributed by atoms with Crippen LogP contribution in [0.5, 0.6) is 5.75 Å². The molecule has 0 spiro atoms. The minimum atomic E-state index is -0.849. The predicted octanol–water partition coefficient (Wildman–Crippen LogP) is 3.81. The SMILES string of the molecule is CCCN1C(=O)[C@@H]2[C@@H](CC(C)=C([C@H](O)CC/C(=C/c3ccc(O)c(F)c3)CC)[C@@H]2CO)C1=O. The number of fused-ring (bicyclic) bond motifs is 1. The number of likely N-dealkylation sites (tertiary alicyclic amines) is 1. The molecule has 0 bridgehead atoms. The van der Waals surface area contributed by atoms with Gasteiger partial charge in [-0.3, -0.25) is 14.5 Å². The van der Waals surface area contributed by atoms with E-state index in [2.05, 4.69) is 0 Å². The van der Waals surface area contributed by atoms with Gasteiger partial charge in [0.25, 0.3) is 0 Å². The summed E-state index contributed by atoms with van der Waals surface area (Å²) in [4.78, 5) is 27.1. The number of aliphatic hydroxyl groups is 2. The number of aromatic hydroxyl groups is 1. The molecule has 0 aromatic heterocycles. The Balaban J connectivity index is 1.77. The van der Waals surface area contributed by atoms with Gasteiger partial charge in [0.1, 0.15) is 0 Å². The van der Waals surface area contributed by atoms with Gasteiger partial charge in [0.15, 0.2) is 11.6 Å². The Morgan fingerprint density at radius 1 is 1.27 bits per heavy atom. The van der Waals surface area contributed by atoms with Crippen LogP contribution >= 0.6 is 0 Å². The van der Waals surface area contributed by atoms with E-state index in [1.165, 1.54) is 17.0 Å². The molecule has 1 saturated heterocycles. The fourth-order valence-corrected chi connectivity index (χ4v) is 5.30. The number of nitrogens with zero attached hydrogens (tertiary/aromatic N) is 1. The first kappa shape index (κ1) is 25.1. The van der Waals surface area contributed by atoms with Crippen molar-refractivity contribution in [3.8, 4) is 5.75 Å². The largest absolute Gasteiger partial charge is 0.505 e. The van der Waals surface area contributed by atoms with Gasteiger partial charge in [-0.25, -0.2) is 4.39 Å². The van der Waals surface area contributed by atoms with E-state index in [1.54, 1.807) is 6.07 Å². The van der Waals surface area contributed by atoms with E-state index in [0.29, 0.717) is 49.8 Å². The number of imide groups is 1. The number of phenols is 1. The van der Waals surface area contributed by atoms with Gasteiger partial charge in [0.05, 0.1) is 24.5 Å². The summed E-state index contributed by atoms with van der Waals surface area (Å²) in [5, 5.41) is 30.6. The number of benzene rings is 1. The lowest BCUT2D eigenvalue weighted by Crippen LogP contribution is -2.38. The molecule has 1 aliphatic heterocycles. The van der Waals surface area contributed by atoms with Crippen LogP contribution in [0, 0.1) is 23.6 Å². The van der Waals surface area contributed by atoms with Crippen molar-refractivity contribution in [1.29, 1.82) is 0 Å². The van der Waals surface area contributed by atoms with Crippen molar-refractivity contribution >= 4 is 17.9 Å². The number of allylic oxidation sites excluding steroid dienone is 2. The molecule has 3 rings (SSSR count). The molecule has 1 fully saturated rings. The lowest BCUT2D eigenvalue weighted by molar-refractivity contribution is -0.140. The maximum absolute atomic E-state index is 13.7. The highest BCUT2D eigenvalue weighted by molar-refractivity contribution is 6.05. The zero-order valence-electron chi connectivity index (χ0n) is 19.6. The summed E-state index contributed by atoms with van der Waals surface area (Å²) in [6.45, 7) is 5.84. The van der Waals surface area contributed by atoms with Gasteiger partial charge >= 0.3 is 0 Å². The maximum Gasteiger partial charge on any atom is 0.233 e. The summed E-state index contributed by atoms with van der Waals surface area (Å²) >= 11 is 0. The molecule has 7 heteroatoms. The molecule has 33 heavy (non-hydrogen) atoms. The van der Waals surface area contributed by atoms with Gasteiger partial charge in [-0.15, -0.1) is 0 Å². The first-order valence-electron chi connectivity index (χ1n) is 11.7. The minimum Gasteiger partial charge on any atom is -0.505 e. The Labute approximate surface area is 194 Å². The molecule has 0 radical (unpaired) electrons. The van der Waals surface area contributed by atoms with Crippen molar-refractivity contribution in [2.45, 2.75) is 59.0 Å². The van der Waals surface area contributed by atoms with E-state index in [-0.39, 0.29) is 18.4 Å². The van der Waals surface area contributed by atoms with Gasteiger partial charge in [-0.05, 0) is 62.3 Å². The number of carbonyl (C=O) groups is 2. The van der Waals surface area contributed by atoms with Gasteiger partial charge in [0, 0.05) is 12.5 Å². The molecule has 1 aromatic carbocycles. The highest BCUT2D eigenvalue weighted by atomic mass is 19.1. The average Bonchev–Trinajstić information content (AvgIpc) is 3.02. The normalized spacial score (nSPS) is 24.5. The second kappa shape index (κ2) is 10.6. The Hall–Kier alpha value is -2.51. The topological polar surface area (TPSA) is 98.1 Å². The summed E-state index contributed by atoms with van der Waals surface area (Å²) in [6.07, 6.45) is 3.75. The number of halogens is 1. The molecule has 3 N–H and O–H groups in total.